The Hall–Kier alpha value is -4.08. The topological polar surface area (TPSA) is 113 Å². The van der Waals surface area contributed by atoms with E-state index in [-0.39, 0.29) is 16.2 Å². The van der Waals surface area contributed by atoms with E-state index < -0.39 is 16.1 Å². The third-order valence-electron chi connectivity index (χ3n) is 7.30. The number of carbonyl (C=O) groups excluding carboxylic acids is 1. The molecule has 0 bridgehead atoms. The van der Waals surface area contributed by atoms with Crippen LogP contribution in [0.5, 0.6) is 0 Å². The number of nitrogens with one attached hydrogen (secondary N) is 3. The Morgan fingerprint density at radius 2 is 1.77 bits per heavy atom. The number of aromatic nitrogens is 2. The van der Waals surface area contributed by atoms with Crippen LogP contribution in [0.15, 0.2) is 90.2 Å². The molecule has 0 saturated heterocycles. The summed E-state index contributed by atoms with van der Waals surface area (Å²) in [6.07, 6.45) is 6.49. The van der Waals surface area contributed by atoms with Crippen LogP contribution in [-0.2, 0) is 28.4 Å². The van der Waals surface area contributed by atoms with Crippen molar-refractivity contribution >= 4 is 27.4 Å². The molecule has 1 amide bonds. The van der Waals surface area contributed by atoms with E-state index in [1.807, 2.05) is 49.4 Å². The van der Waals surface area contributed by atoms with E-state index in [4.69, 9.17) is 0 Å². The highest BCUT2D eigenvalue weighted by molar-refractivity contribution is 7.89. The Balaban J connectivity index is 1.37. The minimum absolute atomic E-state index is 0.213. The van der Waals surface area contributed by atoms with Gasteiger partial charge in [-0.1, -0.05) is 45.0 Å². The molecule has 0 radical (unpaired) electrons. The molecule has 40 heavy (non-hydrogen) atoms. The standard InChI is InChI=1S/C31H33N5O3S/c1-4-21-9-12-24(13-10-21)40(38,39)36-28-18-31(2,3)27-14-11-23(17-26(27)28)35-29-25(8-6-16-33-29)30(37)34-20-22-7-5-15-32-19-22/h5-17,19,28,36H,4,18,20H2,1-3H3,(H,33,35)(H,34,37). The molecule has 206 valence electrons. The molecule has 2 heterocycles. The molecular weight excluding hydrogens is 522 g/mol. The van der Waals surface area contributed by atoms with Gasteiger partial charge in [0.05, 0.1) is 10.5 Å². The molecule has 5 rings (SSSR count). The SMILES string of the molecule is CCc1ccc(S(=O)(=O)NC2CC(C)(C)c3ccc(Nc4ncccc4C(=O)NCc4cccnc4)cc32)cc1. The van der Waals surface area contributed by atoms with E-state index in [9.17, 15) is 13.2 Å². The quantitative estimate of drug-likeness (QED) is 0.254. The molecular formula is C31H33N5O3S. The van der Waals surface area contributed by atoms with E-state index in [2.05, 4.69) is 39.2 Å². The number of rotatable bonds is 9. The number of anilines is 2. The molecule has 0 spiro atoms. The Morgan fingerprint density at radius 3 is 2.50 bits per heavy atom. The van der Waals surface area contributed by atoms with Crippen LogP contribution in [0.25, 0.3) is 0 Å². The van der Waals surface area contributed by atoms with Crippen molar-refractivity contribution in [2.45, 2.75) is 56.5 Å². The van der Waals surface area contributed by atoms with Crippen molar-refractivity contribution in [3.05, 3.63) is 113 Å². The first-order valence-corrected chi connectivity index (χ1v) is 14.8. The Labute approximate surface area is 235 Å². The number of pyridine rings is 2. The van der Waals surface area contributed by atoms with Gasteiger partial charge in [-0.2, -0.15) is 0 Å². The third kappa shape index (κ3) is 5.90. The molecule has 8 nitrogen and oxygen atoms in total. The summed E-state index contributed by atoms with van der Waals surface area (Å²) in [7, 11) is -3.72. The summed E-state index contributed by atoms with van der Waals surface area (Å²) in [6, 6.07) is 19.7. The monoisotopic (exact) mass is 555 g/mol. The Morgan fingerprint density at radius 1 is 1.00 bits per heavy atom. The number of sulfonamides is 1. The first kappa shape index (κ1) is 27.5. The van der Waals surface area contributed by atoms with Crippen molar-refractivity contribution in [1.82, 2.24) is 20.0 Å². The summed E-state index contributed by atoms with van der Waals surface area (Å²) >= 11 is 0. The summed E-state index contributed by atoms with van der Waals surface area (Å²) in [4.78, 5) is 21.7. The van der Waals surface area contributed by atoms with Gasteiger partial charge in [-0.25, -0.2) is 18.1 Å². The lowest BCUT2D eigenvalue weighted by molar-refractivity contribution is 0.0951. The van der Waals surface area contributed by atoms with Gasteiger partial charge in [0.2, 0.25) is 10.0 Å². The van der Waals surface area contributed by atoms with Gasteiger partial charge in [-0.05, 0) is 83.0 Å². The van der Waals surface area contributed by atoms with Crippen molar-refractivity contribution < 1.29 is 13.2 Å². The van der Waals surface area contributed by atoms with Gasteiger partial charge in [-0.3, -0.25) is 9.78 Å². The van der Waals surface area contributed by atoms with Crippen molar-refractivity contribution in [1.29, 1.82) is 0 Å². The lowest BCUT2D eigenvalue weighted by Crippen LogP contribution is -2.28. The molecule has 1 aliphatic rings. The predicted octanol–water partition coefficient (Wildman–Crippen LogP) is 5.41. The zero-order chi connectivity index (χ0) is 28.3. The van der Waals surface area contributed by atoms with E-state index >= 15 is 0 Å². The van der Waals surface area contributed by atoms with Crippen molar-refractivity contribution in [2.75, 3.05) is 5.32 Å². The zero-order valence-electron chi connectivity index (χ0n) is 22.8. The second-order valence-electron chi connectivity index (χ2n) is 10.6. The van der Waals surface area contributed by atoms with Crippen molar-refractivity contribution in [3.63, 3.8) is 0 Å². The largest absolute Gasteiger partial charge is 0.348 e. The normalized spacial score (nSPS) is 15.8. The smallest absolute Gasteiger partial charge is 0.255 e. The number of carbonyl (C=O) groups is 1. The van der Waals surface area contributed by atoms with Gasteiger partial charge in [0.1, 0.15) is 5.82 Å². The van der Waals surface area contributed by atoms with Gasteiger partial charge < -0.3 is 10.6 Å². The van der Waals surface area contributed by atoms with E-state index in [0.29, 0.717) is 30.0 Å². The Kier molecular flexibility index (Phi) is 7.69. The number of hydrogen-bond donors (Lipinski definition) is 3. The van der Waals surface area contributed by atoms with E-state index in [0.717, 1.165) is 28.7 Å². The lowest BCUT2D eigenvalue weighted by Gasteiger charge is -2.19. The molecule has 0 saturated carbocycles. The predicted molar refractivity (Wildman–Crippen MR) is 156 cm³/mol. The fourth-order valence-corrected chi connectivity index (χ4v) is 6.36. The highest BCUT2D eigenvalue weighted by atomic mass is 32.2. The maximum Gasteiger partial charge on any atom is 0.255 e. The van der Waals surface area contributed by atoms with Gasteiger partial charge in [0.25, 0.3) is 5.91 Å². The van der Waals surface area contributed by atoms with Crippen molar-refractivity contribution in [3.8, 4) is 0 Å². The average Bonchev–Trinajstić information content (AvgIpc) is 3.20. The second kappa shape index (κ2) is 11.2. The van der Waals surface area contributed by atoms with Crippen LogP contribution in [0.1, 0.15) is 65.8 Å². The van der Waals surface area contributed by atoms with Crippen LogP contribution < -0.4 is 15.4 Å². The fourth-order valence-electron chi connectivity index (χ4n) is 5.15. The number of aryl methyl sites for hydroxylation is 1. The molecule has 1 atom stereocenters. The number of hydrogen-bond acceptors (Lipinski definition) is 6. The zero-order valence-corrected chi connectivity index (χ0v) is 23.6. The fraction of sp³-hybridized carbons (Fsp3) is 0.258. The third-order valence-corrected chi connectivity index (χ3v) is 8.79. The molecule has 2 aromatic heterocycles. The van der Waals surface area contributed by atoms with Gasteiger partial charge in [0.15, 0.2) is 0 Å². The molecule has 3 N–H and O–H groups in total. The minimum atomic E-state index is -3.72. The molecule has 0 fully saturated rings. The maximum atomic E-state index is 13.3. The van der Waals surface area contributed by atoms with Crippen molar-refractivity contribution in [2.24, 2.45) is 0 Å². The van der Waals surface area contributed by atoms with Gasteiger partial charge in [-0.15, -0.1) is 0 Å². The van der Waals surface area contributed by atoms with Crippen LogP contribution in [-0.4, -0.2) is 24.3 Å². The molecule has 9 heteroatoms. The highest BCUT2D eigenvalue weighted by Crippen LogP contribution is 2.46. The van der Waals surface area contributed by atoms with E-state index in [1.165, 1.54) is 0 Å². The van der Waals surface area contributed by atoms with Crippen LogP contribution in [0, 0.1) is 0 Å². The van der Waals surface area contributed by atoms with E-state index in [1.54, 1.807) is 42.9 Å². The van der Waals surface area contributed by atoms with Gasteiger partial charge >= 0.3 is 0 Å². The molecule has 2 aromatic carbocycles. The molecule has 4 aromatic rings. The van der Waals surface area contributed by atoms with Gasteiger partial charge in [0, 0.05) is 36.9 Å². The lowest BCUT2D eigenvalue weighted by atomic mass is 9.86. The molecule has 1 unspecified atom stereocenters. The first-order valence-electron chi connectivity index (χ1n) is 13.3. The summed E-state index contributed by atoms with van der Waals surface area (Å²) < 4.78 is 29.5. The number of amides is 1. The van der Waals surface area contributed by atoms with Crippen LogP contribution in [0.4, 0.5) is 11.5 Å². The van der Waals surface area contributed by atoms with Crippen LogP contribution in [0.3, 0.4) is 0 Å². The summed E-state index contributed by atoms with van der Waals surface area (Å²) in [5.41, 5.74) is 4.87. The number of nitrogens with zero attached hydrogens (tertiary/aromatic N) is 2. The first-order chi connectivity index (χ1) is 19.2. The summed E-state index contributed by atoms with van der Waals surface area (Å²) in [5.74, 6) is 0.151. The van der Waals surface area contributed by atoms with Crippen LogP contribution >= 0.6 is 0 Å². The average molecular weight is 556 g/mol. The molecule has 0 aliphatic heterocycles. The number of fused-ring (bicyclic) bond motifs is 1. The summed E-state index contributed by atoms with van der Waals surface area (Å²) in [6.45, 7) is 6.62. The Bertz CT molecular complexity index is 1620. The second-order valence-corrected chi connectivity index (χ2v) is 12.3. The molecule has 1 aliphatic carbocycles. The number of benzene rings is 2. The highest BCUT2D eigenvalue weighted by Gasteiger charge is 2.39. The minimum Gasteiger partial charge on any atom is -0.348 e. The van der Waals surface area contributed by atoms with Crippen LogP contribution in [0.2, 0.25) is 0 Å². The summed E-state index contributed by atoms with van der Waals surface area (Å²) in [5, 5.41) is 6.19. The maximum absolute atomic E-state index is 13.3.